The van der Waals surface area contributed by atoms with Crippen LogP contribution in [0.5, 0.6) is 0 Å². The van der Waals surface area contributed by atoms with Crippen molar-refractivity contribution in [1.82, 2.24) is 10.6 Å². The Labute approximate surface area is 144 Å². The van der Waals surface area contributed by atoms with Gasteiger partial charge in [0.25, 0.3) is 0 Å². The molecule has 1 aromatic rings. The maximum absolute atomic E-state index is 12.1. The van der Waals surface area contributed by atoms with E-state index in [2.05, 4.69) is 10.6 Å². The minimum absolute atomic E-state index is 0.118. The normalized spacial score (nSPS) is 12.2. The standard InChI is InChI=1S/C18H29N3O3/c1-13(20-17(23)24-18(2,3)4)11-16(22)19-12-14-9-7-8-10-15(14)21(5)6/h7-10,13H,11-12H2,1-6H3,(H,19,22)(H,20,23). The molecular formula is C18H29N3O3. The van der Waals surface area contributed by atoms with Crippen molar-refractivity contribution < 1.29 is 14.3 Å². The van der Waals surface area contributed by atoms with Crippen LogP contribution in [0, 0.1) is 0 Å². The number of para-hydroxylation sites is 1. The lowest BCUT2D eigenvalue weighted by Gasteiger charge is -2.22. The van der Waals surface area contributed by atoms with E-state index in [1.54, 1.807) is 27.7 Å². The number of hydrogen-bond donors (Lipinski definition) is 2. The summed E-state index contributed by atoms with van der Waals surface area (Å²) >= 11 is 0. The van der Waals surface area contributed by atoms with Crippen molar-refractivity contribution in [3.63, 3.8) is 0 Å². The Morgan fingerprint density at radius 3 is 2.42 bits per heavy atom. The molecule has 1 rings (SSSR count). The van der Waals surface area contributed by atoms with Crippen LogP contribution >= 0.6 is 0 Å². The van der Waals surface area contributed by atoms with E-state index in [4.69, 9.17) is 4.74 Å². The summed E-state index contributed by atoms with van der Waals surface area (Å²) in [5.74, 6) is -0.118. The van der Waals surface area contributed by atoms with Gasteiger partial charge in [-0.05, 0) is 39.3 Å². The van der Waals surface area contributed by atoms with Gasteiger partial charge in [-0.1, -0.05) is 18.2 Å². The van der Waals surface area contributed by atoms with Crippen molar-refractivity contribution in [2.24, 2.45) is 0 Å². The second-order valence-corrected chi connectivity index (χ2v) is 7.05. The Kier molecular flexibility index (Phi) is 7.07. The molecule has 134 valence electrons. The summed E-state index contributed by atoms with van der Waals surface area (Å²) in [5.41, 5.74) is 1.56. The lowest BCUT2D eigenvalue weighted by Crippen LogP contribution is -2.40. The van der Waals surface area contributed by atoms with Crippen LogP contribution in [-0.2, 0) is 16.1 Å². The molecule has 0 spiro atoms. The van der Waals surface area contributed by atoms with E-state index in [-0.39, 0.29) is 18.4 Å². The minimum atomic E-state index is -0.554. The number of nitrogens with zero attached hydrogens (tertiary/aromatic N) is 1. The van der Waals surface area contributed by atoms with E-state index in [0.717, 1.165) is 11.3 Å². The highest BCUT2D eigenvalue weighted by Gasteiger charge is 2.19. The van der Waals surface area contributed by atoms with Gasteiger partial charge >= 0.3 is 6.09 Å². The van der Waals surface area contributed by atoms with Crippen molar-refractivity contribution in [1.29, 1.82) is 0 Å². The molecule has 1 aromatic carbocycles. The van der Waals surface area contributed by atoms with Crippen LogP contribution in [0.3, 0.4) is 0 Å². The molecule has 1 atom stereocenters. The van der Waals surface area contributed by atoms with Crippen molar-refractivity contribution in [2.75, 3.05) is 19.0 Å². The number of carbonyl (C=O) groups excluding carboxylic acids is 2. The maximum atomic E-state index is 12.1. The number of rotatable bonds is 6. The first-order valence-corrected chi connectivity index (χ1v) is 8.10. The van der Waals surface area contributed by atoms with Crippen molar-refractivity contribution in [3.05, 3.63) is 29.8 Å². The molecule has 0 aliphatic carbocycles. The summed E-state index contributed by atoms with van der Waals surface area (Å²) < 4.78 is 5.17. The van der Waals surface area contributed by atoms with E-state index in [1.807, 2.05) is 43.3 Å². The Balaban J connectivity index is 2.45. The Bertz CT molecular complexity index is 565. The number of nitrogens with one attached hydrogen (secondary N) is 2. The van der Waals surface area contributed by atoms with Crippen LogP contribution < -0.4 is 15.5 Å². The van der Waals surface area contributed by atoms with Gasteiger partial charge < -0.3 is 20.3 Å². The van der Waals surface area contributed by atoms with E-state index >= 15 is 0 Å². The zero-order valence-electron chi connectivity index (χ0n) is 15.5. The number of alkyl carbamates (subject to hydrolysis) is 1. The Morgan fingerprint density at radius 2 is 1.83 bits per heavy atom. The maximum Gasteiger partial charge on any atom is 0.407 e. The number of carbonyl (C=O) groups is 2. The second kappa shape index (κ2) is 8.57. The third-order valence-electron chi connectivity index (χ3n) is 3.20. The summed E-state index contributed by atoms with van der Waals surface area (Å²) in [6, 6.07) is 7.60. The fourth-order valence-corrected chi connectivity index (χ4v) is 2.20. The van der Waals surface area contributed by atoms with Crippen LogP contribution in [0.2, 0.25) is 0 Å². The predicted molar refractivity (Wildman–Crippen MR) is 96.1 cm³/mol. The zero-order chi connectivity index (χ0) is 18.3. The molecule has 0 radical (unpaired) electrons. The van der Waals surface area contributed by atoms with Gasteiger partial charge in [-0.25, -0.2) is 4.79 Å². The summed E-state index contributed by atoms with van der Waals surface area (Å²) in [6.07, 6.45) is -0.315. The number of ether oxygens (including phenoxy) is 1. The smallest absolute Gasteiger partial charge is 0.407 e. The van der Waals surface area contributed by atoms with Crippen molar-refractivity contribution in [2.45, 2.75) is 52.3 Å². The number of hydrogen-bond acceptors (Lipinski definition) is 4. The highest BCUT2D eigenvalue weighted by Crippen LogP contribution is 2.17. The molecule has 2 amide bonds. The lowest BCUT2D eigenvalue weighted by atomic mass is 10.1. The third kappa shape index (κ3) is 7.35. The van der Waals surface area contributed by atoms with Gasteiger partial charge in [-0.2, -0.15) is 0 Å². The molecule has 0 aliphatic rings. The van der Waals surface area contributed by atoms with Crippen molar-refractivity contribution >= 4 is 17.7 Å². The SMILES string of the molecule is CC(CC(=O)NCc1ccccc1N(C)C)NC(=O)OC(C)(C)C. The molecule has 0 fully saturated rings. The number of anilines is 1. The van der Waals surface area contributed by atoms with Crippen LogP contribution in [0.4, 0.5) is 10.5 Å². The molecule has 6 heteroatoms. The van der Waals surface area contributed by atoms with Gasteiger partial charge in [-0.15, -0.1) is 0 Å². The number of amides is 2. The van der Waals surface area contributed by atoms with Gasteiger partial charge in [0.05, 0.1) is 0 Å². The first kappa shape index (κ1) is 19.8. The van der Waals surface area contributed by atoms with Crippen LogP contribution in [0.15, 0.2) is 24.3 Å². The quantitative estimate of drug-likeness (QED) is 0.838. The molecule has 6 nitrogen and oxygen atoms in total. The van der Waals surface area contributed by atoms with Crippen LogP contribution in [0.25, 0.3) is 0 Å². The van der Waals surface area contributed by atoms with E-state index < -0.39 is 11.7 Å². The lowest BCUT2D eigenvalue weighted by molar-refractivity contribution is -0.121. The summed E-state index contributed by atoms with van der Waals surface area (Å²) in [4.78, 5) is 25.7. The largest absolute Gasteiger partial charge is 0.444 e. The second-order valence-electron chi connectivity index (χ2n) is 7.05. The average molecular weight is 335 g/mol. The Hall–Kier alpha value is -2.24. The molecule has 0 aromatic heterocycles. The van der Waals surface area contributed by atoms with Gasteiger partial charge in [0.15, 0.2) is 0 Å². The molecule has 1 unspecified atom stereocenters. The van der Waals surface area contributed by atoms with Gasteiger partial charge in [0.1, 0.15) is 5.60 Å². The Morgan fingerprint density at radius 1 is 1.21 bits per heavy atom. The molecule has 0 heterocycles. The zero-order valence-corrected chi connectivity index (χ0v) is 15.5. The molecule has 2 N–H and O–H groups in total. The van der Waals surface area contributed by atoms with Crippen LogP contribution in [-0.4, -0.2) is 37.7 Å². The summed E-state index contributed by atoms with van der Waals surface area (Å²) in [6.45, 7) is 7.62. The first-order valence-electron chi connectivity index (χ1n) is 8.10. The van der Waals surface area contributed by atoms with Gasteiger partial charge in [0, 0.05) is 38.8 Å². The molecule has 0 aliphatic heterocycles. The molecular weight excluding hydrogens is 306 g/mol. The van der Waals surface area contributed by atoms with E-state index in [0.29, 0.717) is 6.54 Å². The average Bonchev–Trinajstić information content (AvgIpc) is 2.42. The summed E-state index contributed by atoms with van der Waals surface area (Å²) in [7, 11) is 3.93. The molecule has 0 saturated carbocycles. The first-order chi connectivity index (χ1) is 11.1. The van der Waals surface area contributed by atoms with E-state index in [9.17, 15) is 9.59 Å². The molecule has 24 heavy (non-hydrogen) atoms. The third-order valence-corrected chi connectivity index (χ3v) is 3.20. The van der Waals surface area contributed by atoms with Crippen molar-refractivity contribution in [3.8, 4) is 0 Å². The monoisotopic (exact) mass is 335 g/mol. The number of benzene rings is 1. The van der Waals surface area contributed by atoms with Gasteiger partial charge in [0.2, 0.25) is 5.91 Å². The fraction of sp³-hybridized carbons (Fsp3) is 0.556. The fourth-order valence-electron chi connectivity index (χ4n) is 2.20. The minimum Gasteiger partial charge on any atom is -0.444 e. The highest BCUT2D eigenvalue weighted by molar-refractivity contribution is 5.77. The van der Waals surface area contributed by atoms with E-state index in [1.165, 1.54) is 0 Å². The van der Waals surface area contributed by atoms with Crippen LogP contribution in [0.1, 0.15) is 39.7 Å². The molecule has 0 bridgehead atoms. The molecule has 0 saturated heterocycles. The summed E-state index contributed by atoms with van der Waals surface area (Å²) in [5, 5.41) is 5.55. The predicted octanol–water partition coefficient (Wildman–Crippen LogP) is 2.67. The highest BCUT2D eigenvalue weighted by atomic mass is 16.6. The topological polar surface area (TPSA) is 70.7 Å². The van der Waals surface area contributed by atoms with Gasteiger partial charge in [-0.3, -0.25) is 4.79 Å².